The molecule has 1 aromatic heterocycles. The van der Waals surface area contributed by atoms with Gasteiger partial charge in [-0.1, -0.05) is 0 Å². The highest BCUT2D eigenvalue weighted by molar-refractivity contribution is 5.14. The van der Waals surface area contributed by atoms with Crippen molar-refractivity contribution in [2.75, 3.05) is 20.1 Å². The van der Waals surface area contributed by atoms with Crippen LogP contribution in [0.2, 0.25) is 0 Å². The second-order valence-electron chi connectivity index (χ2n) is 5.12. The Hall–Kier alpha value is -0.870. The zero-order valence-electron chi connectivity index (χ0n) is 9.76. The van der Waals surface area contributed by atoms with Crippen LogP contribution in [0.25, 0.3) is 0 Å². The maximum Gasteiger partial charge on any atom is 0.137 e. The Morgan fingerprint density at radius 3 is 2.94 bits per heavy atom. The predicted octanol–water partition coefficient (Wildman–Crippen LogP) is 1.13. The standard InChI is InChI=1S/C12H19N3O/c1-14-6-4-9(7-14)10-8-15-5-2-3-11(16)12(15)13-10/h8-9,11,16H,2-7H2,1H3. The minimum atomic E-state index is -0.346. The fourth-order valence-corrected chi connectivity index (χ4v) is 2.85. The number of hydrogen-bond donors (Lipinski definition) is 1. The maximum atomic E-state index is 9.88. The van der Waals surface area contributed by atoms with Crippen LogP contribution in [0.3, 0.4) is 0 Å². The molecule has 2 atom stereocenters. The van der Waals surface area contributed by atoms with Gasteiger partial charge in [-0.05, 0) is 32.9 Å². The van der Waals surface area contributed by atoms with Gasteiger partial charge in [-0.2, -0.15) is 0 Å². The highest BCUT2D eigenvalue weighted by atomic mass is 16.3. The van der Waals surface area contributed by atoms with Crippen molar-refractivity contribution >= 4 is 0 Å². The van der Waals surface area contributed by atoms with Crippen LogP contribution < -0.4 is 0 Å². The molecule has 1 saturated heterocycles. The van der Waals surface area contributed by atoms with Gasteiger partial charge in [0.05, 0.1) is 5.69 Å². The summed E-state index contributed by atoms with van der Waals surface area (Å²) in [4.78, 5) is 6.98. The molecule has 1 aromatic rings. The molecule has 16 heavy (non-hydrogen) atoms. The zero-order chi connectivity index (χ0) is 11.1. The Labute approximate surface area is 95.9 Å². The van der Waals surface area contributed by atoms with Crippen LogP contribution in [0.15, 0.2) is 6.20 Å². The summed E-state index contributed by atoms with van der Waals surface area (Å²) < 4.78 is 2.14. The first-order valence-corrected chi connectivity index (χ1v) is 6.17. The molecule has 3 rings (SSSR count). The molecule has 1 fully saturated rings. The molecule has 0 radical (unpaired) electrons. The number of aliphatic hydroxyl groups excluding tert-OH is 1. The molecular weight excluding hydrogens is 202 g/mol. The van der Waals surface area contributed by atoms with Crippen LogP contribution in [0.5, 0.6) is 0 Å². The van der Waals surface area contributed by atoms with Gasteiger partial charge >= 0.3 is 0 Å². The van der Waals surface area contributed by atoms with E-state index >= 15 is 0 Å². The summed E-state index contributed by atoms with van der Waals surface area (Å²) in [7, 11) is 2.16. The van der Waals surface area contributed by atoms with E-state index < -0.39 is 0 Å². The van der Waals surface area contributed by atoms with Crippen LogP contribution in [-0.2, 0) is 6.54 Å². The maximum absolute atomic E-state index is 9.88. The van der Waals surface area contributed by atoms with Crippen LogP contribution >= 0.6 is 0 Å². The van der Waals surface area contributed by atoms with E-state index in [1.165, 1.54) is 12.1 Å². The van der Waals surface area contributed by atoms with Crippen LogP contribution in [0.1, 0.15) is 42.8 Å². The van der Waals surface area contributed by atoms with Crippen molar-refractivity contribution in [3.63, 3.8) is 0 Å². The molecular formula is C12H19N3O. The fourth-order valence-electron chi connectivity index (χ4n) is 2.85. The zero-order valence-corrected chi connectivity index (χ0v) is 9.76. The van der Waals surface area contributed by atoms with E-state index in [-0.39, 0.29) is 6.10 Å². The van der Waals surface area contributed by atoms with Gasteiger partial charge in [-0.25, -0.2) is 4.98 Å². The van der Waals surface area contributed by atoms with Crippen LogP contribution in [0.4, 0.5) is 0 Å². The number of fused-ring (bicyclic) bond motifs is 1. The third-order valence-corrected chi connectivity index (χ3v) is 3.81. The molecule has 2 aliphatic heterocycles. The first-order valence-electron chi connectivity index (χ1n) is 6.17. The van der Waals surface area contributed by atoms with Crippen molar-refractivity contribution in [3.05, 3.63) is 17.7 Å². The topological polar surface area (TPSA) is 41.3 Å². The summed E-state index contributed by atoms with van der Waals surface area (Å²) >= 11 is 0. The Kier molecular flexibility index (Phi) is 2.48. The van der Waals surface area contributed by atoms with Gasteiger partial charge < -0.3 is 14.6 Å². The van der Waals surface area contributed by atoms with Crippen LogP contribution in [0, 0.1) is 0 Å². The molecule has 2 unspecified atom stereocenters. The van der Waals surface area contributed by atoms with Crippen molar-refractivity contribution in [1.29, 1.82) is 0 Å². The molecule has 4 nitrogen and oxygen atoms in total. The normalized spacial score (nSPS) is 30.6. The van der Waals surface area contributed by atoms with Gasteiger partial charge in [-0.15, -0.1) is 0 Å². The highest BCUT2D eigenvalue weighted by Gasteiger charge is 2.27. The lowest BCUT2D eigenvalue weighted by atomic mass is 10.1. The molecule has 1 N–H and O–H groups in total. The number of hydrogen-bond acceptors (Lipinski definition) is 3. The van der Waals surface area contributed by atoms with E-state index in [2.05, 4.69) is 27.7 Å². The molecule has 0 aromatic carbocycles. The summed E-state index contributed by atoms with van der Waals surface area (Å²) in [5, 5.41) is 9.88. The lowest BCUT2D eigenvalue weighted by Crippen LogP contribution is -2.14. The van der Waals surface area contributed by atoms with E-state index in [0.29, 0.717) is 5.92 Å². The largest absolute Gasteiger partial charge is 0.385 e. The Morgan fingerprint density at radius 1 is 1.38 bits per heavy atom. The SMILES string of the molecule is CN1CCC(c2cn3c(n2)C(O)CCC3)C1. The number of aromatic nitrogens is 2. The molecule has 4 heteroatoms. The van der Waals surface area contributed by atoms with E-state index in [4.69, 9.17) is 0 Å². The summed E-state index contributed by atoms with van der Waals surface area (Å²) in [6, 6.07) is 0. The summed E-state index contributed by atoms with van der Waals surface area (Å²) in [5.41, 5.74) is 1.18. The predicted molar refractivity (Wildman–Crippen MR) is 61.3 cm³/mol. The lowest BCUT2D eigenvalue weighted by molar-refractivity contribution is 0.133. The van der Waals surface area contributed by atoms with E-state index in [1.807, 2.05) is 0 Å². The van der Waals surface area contributed by atoms with Gasteiger partial charge in [0.2, 0.25) is 0 Å². The van der Waals surface area contributed by atoms with Gasteiger partial charge in [0.25, 0.3) is 0 Å². The smallest absolute Gasteiger partial charge is 0.137 e. The number of nitrogens with zero attached hydrogens (tertiary/aromatic N) is 3. The van der Waals surface area contributed by atoms with E-state index in [1.54, 1.807) is 0 Å². The lowest BCUT2D eigenvalue weighted by Gasteiger charge is -2.18. The van der Waals surface area contributed by atoms with Gasteiger partial charge in [0, 0.05) is 25.2 Å². The Bertz CT molecular complexity index is 388. The van der Waals surface area contributed by atoms with Crippen molar-refractivity contribution in [3.8, 4) is 0 Å². The molecule has 0 amide bonds. The molecule has 0 bridgehead atoms. The number of aliphatic hydroxyl groups is 1. The fraction of sp³-hybridized carbons (Fsp3) is 0.750. The second-order valence-corrected chi connectivity index (χ2v) is 5.12. The average Bonchev–Trinajstić information content (AvgIpc) is 2.84. The van der Waals surface area contributed by atoms with Gasteiger partial charge in [0.15, 0.2) is 0 Å². The molecule has 0 saturated carbocycles. The monoisotopic (exact) mass is 221 g/mol. The number of likely N-dealkylation sites (tertiary alicyclic amines) is 1. The highest BCUT2D eigenvalue weighted by Crippen LogP contribution is 2.30. The van der Waals surface area contributed by atoms with E-state index in [9.17, 15) is 5.11 Å². The van der Waals surface area contributed by atoms with Crippen molar-refractivity contribution in [1.82, 2.24) is 14.5 Å². The quantitative estimate of drug-likeness (QED) is 0.773. The minimum absolute atomic E-state index is 0.346. The number of rotatable bonds is 1. The summed E-state index contributed by atoms with van der Waals surface area (Å²) in [6.45, 7) is 3.28. The Balaban J connectivity index is 1.86. The first-order chi connectivity index (χ1) is 7.74. The summed E-state index contributed by atoms with van der Waals surface area (Å²) in [6.07, 6.45) is 4.93. The minimum Gasteiger partial charge on any atom is -0.385 e. The van der Waals surface area contributed by atoms with Crippen LogP contribution in [-0.4, -0.2) is 39.7 Å². The Morgan fingerprint density at radius 2 is 2.25 bits per heavy atom. The number of imidazole rings is 1. The van der Waals surface area contributed by atoms with Crippen molar-refractivity contribution in [2.24, 2.45) is 0 Å². The summed E-state index contributed by atoms with van der Waals surface area (Å²) in [5.74, 6) is 1.45. The molecule has 2 aliphatic rings. The number of aryl methyl sites for hydroxylation is 1. The second kappa shape index (κ2) is 3.86. The van der Waals surface area contributed by atoms with Crippen molar-refractivity contribution < 1.29 is 5.11 Å². The van der Waals surface area contributed by atoms with Crippen molar-refractivity contribution in [2.45, 2.75) is 37.8 Å². The molecule has 0 aliphatic carbocycles. The molecule has 0 spiro atoms. The van der Waals surface area contributed by atoms with E-state index in [0.717, 1.165) is 38.3 Å². The molecule has 3 heterocycles. The third kappa shape index (κ3) is 1.66. The third-order valence-electron chi connectivity index (χ3n) is 3.81. The number of likely N-dealkylation sites (N-methyl/N-ethyl adjacent to an activating group) is 1. The van der Waals surface area contributed by atoms with Gasteiger partial charge in [-0.3, -0.25) is 0 Å². The van der Waals surface area contributed by atoms with Gasteiger partial charge in [0.1, 0.15) is 11.9 Å². The molecule has 88 valence electrons. The first kappa shape index (κ1) is 10.3. The average molecular weight is 221 g/mol.